The zero-order valence-electron chi connectivity index (χ0n) is 11.4. The highest BCUT2D eigenvalue weighted by atomic mass is 127. The maximum Gasteiger partial charge on any atom is 0.0517 e. The lowest BCUT2D eigenvalue weighted by Crippen LogP contribution is -2.19. The molecule has 0 saturated carbocycles. The van der Waals surface area contributed by atoms with Crippen LogP contribution in [-0.4, -0.2) is 0 Å². The summed E-state index contributed by atoms with van der Waals surface area (Å²) >= 11 is 8.37. The zero-order chi connectivity index (χ0) is 14.1. The Hall–Kier alpha value is -0.740. The number of nitrogens with one attached hydrogen (secondary N) is 1. The number of benzene rings is 2. The summed E-state index contributed by atoms with van der Waals surface area (Å²) in [6.45, 7) is 2.32. The monoisotopic (exact) mass is 397 g/mol. The Bertz CT molecular complexity index is 626. The fourth-order valence-corrected chi connectivity index (χ4v) is 3.98. The van der Waals surface area contributed by atoms with Crippen LogP contribution in [0.3, 0.4) is 0 Å². The van der Waals surface area contributed by atoms with Gasteiger partial charge in [-0.2, -0.15) is 0 Å². The molecule has 3 rings (SSSR count). The third kappa shape index (κ3) is 2.82. The first-order valence-electron chi connectivity index (χ1n) is 6.95. The van der Waals surface area contributed by atoms with E-state index >= 15 is 0 Å². The van der Waals surface area contributed by atoms with Crippen LogP contribution in [0.1, 0.15) is 42.9 Å². The van der Waals surface area contributed by atoms with Crippen molar-refractivity contribution in [1.82, 2.24) is 0 Å². The number of halogens is 2. The van der Waals surface area contributed by atoms with Gasteiger partial charge >= 0.3 is 0 Å². The average Bonchev–Trinajstić information content (AvgIpc) is 2.45. The molecule has 1 aliphatic carbocycles. The SMILES string of the molecule is CC1CCC(Nc2ccc(Cl)cc2I)c2ccccc21. The van der Waals surface area contributed by atoms with Crippen LogP contribution in [0.2, 0.25) is 5.02 Å². The Labute approximate surface area is 138 Å². The van der Waals surface area contributed by atoms with Crippen molar-refractivity contribution in [3.05, 3.63) is 62.2 Å². The number of anilines is 1. The van der Waals surface area contributed by atoms with Crippen LogP contribution in [0.4, 0.5) is 5.69 Å². The topological polar surface area (TPSA) is 12.0 Å². The van der Waals surface area contributed by atoms with Gasteiger partial charge in [-0.25, -0.2) is 0 Å². The number of rotatable bonds is 2. The Kier molecular flexibility index (Phi) is 4.22. The van der Waals surface area contributed by atoms with Crippen molar-refractivity contribution in [2.45, 2.75) is 31.7 Å². The second kappa shape index (κ2) is 5.94. The molecular weight excluding hydrogens is 381 g/mol. The minimum atomic E-state index is 0.400. The van der Waals surface area contributed by atoms with E-state index in [4.69, 9.17) is 11.6 Å². The van der Waals surface area contributed by atoms with Gasteiger partial charge in [0.05, 0.1) is 6.04 Å². The second-order valence-electron chi connectivity index (χ2n) is 5.43. The van der Waals surface area contributed by atoms with Crippen molar-refractivity contribution in [1.29, 1.82) is 0 Å². The second-order valence-corrected chi connectivity index (χ2v) is 7.03. The fourth-order valence-electron chi connectivity index (χ4n) is 2.95. The molecule has 2 aromatic carbocycles. The summed E-state index contributed by atoms with van der Waals surface area (Å²) in [5.74, 6) is 0.661. The standard InChI is InChI=1S/C17H17ClIN/c1-11-6-8-16(14-5-3-2-4-13(11)14)20-17-9-7-12(18)10-15(17)19/h2-5,7,9-11,16,20H,6,8H2,1H3. The molecule has 0 amide bonds. The van der Waals surface area contributed by atoms with Gasteiger partial charge in [-0.05, 0) is 70.7 Å². The lowest BCUT2D eigenvalue weighted by Gasteiger charge is -2.31. The summed E-state index contributed by atoms with van der Waals surface area (Å²) in [6, 6.07) is 15.2. The van der Waals surface area contributed by atoms with Gasteiger partial charge in [0.2, 0.25) is 0 Å². The van der Waals surface area contributed by atoms with Gasteiger partial charge in [0.25, 0.3) is 0 Å². The van der Waals surface area contributed by atoms with E-state index in [1.807, 2.05) is 12.1 Å². The Balaban J connectivity index is 1.90. The van der Waals surface area contributed by atoms with Gasteiger partial charge < -0.3 is 5.32 Å². The Morgan fingerprint density at radius 3 is 2.60 bits per heavy atom. The quantitative estimate of drug-likeness (QED) is 0.613. The molecule has 1 aliphatic rings. The molecule has 0 heterocycles. The number of hydrogen-bond donors (Lipinski definition) is 1. The van der Waals surface area contributed by atoms with Crippen LogP contribution < -0.4 is 5.32 Å². The van der Waals surface area contributed by atoms with Crippen molar-refractivity contribution in [2.24, 2.45) is 0 Å². The molecule has 2 atom stereocenters. The lowest BCUT2D eigenvalue weighted by molar-refractivity contribution is 0.534. The first-order chi connectivity index (χ1) is 9.65. The Morgan fingerprint density at radius 2 is 1.85 bits per heavy atom. The smallest absolute Gasteiger partial charge is 0.0517 e. The molecule has 0 fully saturated rings. The maximum atomic E-state index is 6.03. The normalized spacial score (nSPS) is 21.4. The lowest BCUT2D eigenvalue weighted by atomic mass is 9.81. The molecule has 104 valence electrons. The maximum absolute atomic E-state index is 6.03. The van der Waals surface area contributed by atoms with E-state index in [1.165, 1.54) is 33.2 Å². The summed E-state index contributed by atoms with van der Waals surface area (Å²) in [4.78, 5) is 0. The van der Waals surface area contributed by atoms with Crippen LogP contribution in [0, 0.1) is 3.57 Å². The molecule has 0 bridgehead atoms. The first-order valence-corrected chi connectivity index (χ1v) is 8.41. The van der Waals surface area contributed by atoms with Gasteiger partial charge in [0, 0.05) is 14.3 Å². The van der Waals surface area contributed by atoms with Gasteiger partial charge in [-0.15, -0.1) is 0 Å². The number of hydrogen-bond acceptors (Lipinski definition) is 1. The van der Waals surface area contributed by atoms with Crippen molar-refractivity contribution in [3.63, 3.8) is 0 Å². The predicted molar refractivity (Wildman–Crippen MR) is 94.6 cm³/mol. The van der Waals surface area contributed by atoms with E-state index in [-0.39, 0.29) is 0 Å². The van der Waals surface area contributed by atoms with Crippen LogP contribution in [0.25, 0.3) is 0 Å². The first kappa shape index (κ1) is 14.2. The van der Waals surface area contributed by atoms with Crippen molar-refractivity contribution >= 4 is 39.9 Å². The molecule has 3 heteroatoms. The molecule has 20 heavy (non-hydrogen) atoms. The molecule has 2 unspecified atom stereocenters. The van der Waals surface area contributed by atoms with E-state index in [9.17, 15) is 0 Å². The van der Waals surface area contributed by atoms with Crippen LogP contribution in [0.5, 0.6) is 0 Å². The van der Waals surface area contributed by atoms with Crippen molar-refractivity contribution in [2.75, 3.05) is 5.32 Å². The summed E-state index contributed by atoms with van der Waals surface area (Å²) in [6.07, 6.45) is 2.41. The van der Waals surface area contributed by atoms with Crippen molar-refractivity contribution in [3.8, 4) is 0 Å². The highest BCUT2D eigenvalue weighted by molar-refractivity contribution is 14.1. The van der Waals surface area contributed by atoms with E-state index in [1.54, 1.807) is 0 Å². The summed E-state index contributed by atoms with van der Waals surface area (Å²) in [5.41, 5.74) is 4.10. The molecule has 0 aliphatic heterocycles. The zero-order valence-corrected chi connectivity index (χ0v) is 14.3. The predicted octanol–water partition coefficient (Wildman–Crippen LogP) is 6.00. The molecule has 0 saturated heterocycles. The van der Waals surface area contributed by atoms with Gasteiger partial charge in [-0.1, -0.05) is 42.8 Å². The Morgan fingerprint density at radius 1 is 1.10 bits per heavy atom. The van der Waals surface area contributed by atoms with Gasteiger partial charge in [0.1, 0.15) is 0 Å². The van der Waals surface area contributed by atoms with Crippen LogP contribution in [0.15, 0.2) is 42.5 Å². The molecular formula is C17H17ClIN. The van der Waals surface area contributed by atoms with Gasteiger partial charge in [-0.3, -0.25) is 0 Å². The minimum absolute atomic E-state index is 0.400. The van der Waals surface area contributed by atoms with E-state index in [0.717, 1.165) is 5.02 Å². The molecule has 1 N–H and O–H groups in total. The van der Waals surface area contributed by atoms with Crippen LogP contribution in [-0.2, 0) is 0 Å². The average molecular weight is 398 g/mol. The summed E-state index contributed by atoms with van der Waals surface area (Å²) in [7, 11) is 0. The number of fused-ring (bicyclic) bond motifs is 1. The van der Waals surface area contributed by atoms with Crippen LogP contribution >= 0.6 is 34.2 Å². The fraction of sp³-hybridized carbons (Fsp3) is 0.294. The van der Waals surface area contributed by atoms with Gasteiger partial charge in [0.15, 0.2) is 0 Å². The summed E-state index contributed by atoms with van der Waals surface area (Å²) < 4.78 is 1.17. The van der Waals surface area contributed by atoms with E-state index < -0.39 is 0 Å². The molecule has 2 aromatic rings. The van der Waals surface area contributed by atoms with Crippen molar-refractivity contribution < 1.29 is 0 Å². The minimum Gasteiger partial charge on any atom is -0.377 e. The largest absolute Gasteiger partial charge is 0.377 e. The highest BCUT2D eigenvalue weighted by Crippen LogP contribution is 2.39. The molecule has 1 nitrogen and oxygen atoms in total. The molecule has 0 spiro atoms. The van der Waals surface area contributed by atoms with E-state index in [0.29, 0.717) is 12.0 Å². The molecule has 0 radical (unpaired) electrons. The highest BCUT2D eigenvalue weighted by Gasteiger charge is 2.24. The third-order valence-corrected chi connectivity index (χ3v) is 5.18. The van der Waals surface area contributed by atoms with E-state index in [2.05, 4.69) is 65.2 Å². The summed E-state index contributed by atoms with van der Waals surface area (Å²) in [5, 5.41) is 4.48. The molecule has 0 aromatic heterocycles. The third-order valence-electron chi connectivity index (χ3n) is 4.05.